The second-order valence-electron chi connectivity index (χ2n) is 6.82. The second-order valence-corrected chi connectivity index (χ2v) is 6.82. The van der Waals surface area contributed by atoms with E-state index in [-0.39, 0.29) is 11.8 Å². The first kappa shape index (κ1) is 18.2. The molecule has 2 aromatic rings. The molecule has 0 atom stereocenters. The average molecular weight is 353 g/mol. The quantitative estimate of drug-likeness (QED) is 0.584. The summed E-state index contributed by atoms with van der Waals surface area (Å²) >= 11 is 0. The van der Waals surface area contributed by atoms with Gasteiger partial charge in [0.15, 0.2) is 0 Å². The Bertz CT molecular complexity index is 863. The second kappa shape index (κ2) is 7.77. The number of nitrogens with one attached hydrogen (secondary N) is 1. The molecule has 138 valence electrons. The molecule has 1 aromatic heterocycles. The molecule has 26 heavy (non-hydrogen) atoms. The number of rotatable bonds is 8. The van der Waals surface area contributed by atoms with Gasteiger partial charge in [-0.15, -0.1) is 0 Å². The summed E-state index contributed by atoms with van der Waals surface area (Å²) in [5.41, 5.74) is 2.84. The number of hydrogen-bond acceptors (Lipinski definition) is 3. The molecule has 0 saturated heterocycles. The smallest absolute Gasteiger partial charge is 0.277 e. The Balaban J connectivity index is 2.06. The molecule has 3 rings (SSSR count). The standard InChI is InChI=1S/C21H27N3O2/c1-4-6-9-13-24-20(25)18(19(21(24)26)22-12-5-2)16-14-23(3)17-11-8-7-10-15(16)17/h7-8,10-11,14,22H,4-6,9,12-13H2,1-3H3. The summed E-state index contributed by atoms with van der Waals surface area (Å²) in [7, 11) is 1.96. The van der Waals surface area contributed by atoms with E-state index < -0.39 is 0 Å². The molecular weight excluding hydrogens is 326 g/mol. The molecular formula is C21H27N3O2. The predicted octanol–water partition coefficient (Wildman–Crippen LogP) is 3.45. The molecule has 1 aromatic carbocycles. The van der Waals surface area contributed by atoms with Gasteiger partial charge in [-0.1, -0.05) is 44.9 Å². The highest BCUT2D eigenvalue weighted by Gasteiger charge is 2.39. The number of unbranched alkanes of at least 4 members (excludes halogenated alkanes) is 2. The molecule has 0 bridgehead atoms. The topological polar surface area (TPSA) is 54.3 Å². The maximum absolute atomic E-state index is 13.1. The van der Waals surface area contributed by atoms with Gasteiger partial charge in [0.1, 0.15) is 5.70 Å². The molecule has 1 aliphatic heterocycles. The minimum absolute atomic E-state index is 0.180. The van der Waals surface area contributed by atoms with Gasteiger partial charge in [0.2, 0.25) is 0 Å². The zero-order chi connectivity index (χ0) is 18.7. The van der Waals surface area contributed by atoms with Crippen molar-refractivity contribution < 1.29 is 9.59 Å². The highest BCUT2D eigenvalue weighted by Crippen LogP contribution is 2.34. The van der Waals surface area contributed by atoms with Crippen LogP contribution in [0.4, 0.5) is 0 Å². The number of fused-ring (bicyclic) bond motifs is 1. The van der Waals surface area contributed by atoms with Crippen molar-refractivity contribution >= 4 is 28.3 Å². The lowest BCUT2D eigenvalue weighted by Gasteiger charge is -2.14. The van der Waals surface area contributed by atoms with Crippen molar-refractivity contribution in [2.45, 2.75) is 39.5 Å². The van der Waals surface area contributed by atoms with E-state index in [2.05, 4.69) is 12.2 Å². The van der Waals surface area contributed by atoms with Crippen LogP contribution < -0.4 is 5.32 Å². The molecule has 0 spiro atoms. The molecule has 5 heteroatoms. The summed E-state index contributed by atoms with van der Waals surface area (Å²) < 4.78 is 2.01. The van der Waals surface area contributed by atoms with E-state index in [9.17, 15) is 9.59 Å². The number of aromatic nitrogens is 1. The summed E-state index contributed by atoms with van der Waals surface area (Å²) in [6, 6.07) is 7.98. The third kappa shape index (κ3) is 3.14. The Labute approximate surface area is 154 Å². The molecule has 1 aliphatic rings. The van der Waals surface area contributed by atoms with Crippen LogP contribution in [-0.2, 0) is 16.6 Å². The summed E-state index contributed by atoms with van der Waals surface area (Å²) in [6.07, 6.45) is 5.76. The SMILES string of the molecule is CCCCCN1C(=O)C(NCCC)=C(c2cn(C)c3ccccc23)C1=O. The van der Waals surface area contributed by atoms with Crippen molar-refractivity contribution in [2.75, 3.05) is 13.1 Å². The van der Waals surface area contributed by atoms with Crippen molar-refractivity contribution in [1.82, 2.24) is 14.8 Å². The Kier molecular flexibility index (Phi) is 5.45. The lowest BCUT2D eigenvalue weighted by molar-refractivity contribution is -0.137. The van der Waals surface area contributed by atoms with Crippen molar-refractivity contribution in [2.24, 2.45) is 7.05 Å². The average Bonchev–Trinajstić information content (AvgIpc) is 3.09. The number of hydrogen-bond donors (Lipinski definition) is 1. The third-order valence-electron chi connectivity index (χ3n) is 4.87. The molecule has 0 radical (unpaired) electrons. The summed E-state index contributed by atoms with van der Waals surface area (Å²) in [6.45, 7) is 5.32. The summed E-state index contributed by atoms with van der Waals surface area (Å²) in [5, 5.41) is 4.21. The minimum atomic E-state index is -0.192. The van der Waals surface area contributed by atoms with Crippen LogP contribution in [-0.4, -0.2) is 34.4 Å². The van der Waals surface area contributed by atoms with Crippen LogP contribution in [0.3, 0.4) is 0 Å². The van der Waals surface area contributed by atoms with Crippen molar-refractivity contribution in [3.63, 3.8) is 0 Å². The molecule has 2 heterocycles. The van der Waals surface area contributed by atoms with Gasteiger partial charge in [-0.3, -0.25) is 14.5 Å². The van der Waals surface area contributed by atoms with E-state index in [4.69, 9.17) is 0 Å². The number of para-hydroxylation sites is 1. The van der Waals surface area contributed by atoms with E-state index in [0.29, 0.717) is 24.4 Å². The van der Waals surface area contributed by atoms with Crippen LogP contribution in [0, 0.1) is 0 Å². The highest BCUT2D eigenvalue weighted by molar-refractivity contribution is 6.37. The fourth-order valence-corrected chi connectivity index (χ4v) is 3.50. The monoisotopic (exact) mass is 353 g/mol. The van der Waals surface area contributed by atoms with E-state index in [0.717, 1.165) is 42.1 Å². The van der Waals surface area contributed by atoms with E-state index in [1.807, 2.05) is 49.0 Å². The van der Waals surface area contributed by atoms with Crippen molar-refractivity contribution in [1.29, 1.82) is 0 Å². The van der Waals surface area contributed by atoms with Gasteiger partial charge in [-0.05, 0) is 18.9 Å². The Morgan fingerprint density at radius 3 is 2.50 bits per heavy atom. The van der Waals surface area contributed by atoms with Gasteiger partial charge < -0.3 is 9.88 Å². The number of amides is 2. The van der Waals surface area contributed by atoms with E-state index in [1.54, 1.807) is 0 Å². The zero-order valence-electron chi connectivity index (χ0n) is 15.8. The lowest BCUT2D eigenvalue weighted by Crippen LogP contribution is -2.34. The van der Waals surface area contributed by atoms with Gasteiger partial charge in [0, 0.05) is 42.8 Å². The van der Waals surface area contributed by atoms with Crippen molar-refractivity contribution in [3.8, 4) is 0 Å². The number of benzene rings is 1. The fraction of sp³-hybridized carbons (Fsp3) is 0.429. The van der Waals surface area contributed by atoms with Crippen LogP contribution in [0.2, 0.25) is 0 Å². The van der Waals surface area contributed by atoms with Crippen LogP contribution in [0.5, 0.6) is 0 Å². The maximum atomic E-state index is 13.1. The van der Waals surface area contributed by atoms with Crippen LogP contribution in [0.25, 0.3) is 16.5 Å². The molecule has 0 aliphatic carbocycles. The first-order valence-electron chi connectivity index (χ1n) is 9.48. The van der Waals surface area contributed by atoms with Gasteiger partial charge in [0.05, 0.1) is 5.57 Å². The zero-order valence-corrected chi connectivity index (χ0v) is 15.8. The molecule has 2 amide bonds. The maximum Gasteiger partial charge on any atom is 0.277 e. The van der Waals surface area contributed by atoms with E-state index in [1.165, 1.54) is 4.90 Å². The number of nitrogens with zero attached hydrogens (tertiary/aromatic N) is 2. The summed E-state index contributed by atoms with van der Waals surface area (Å²) in [5.74, 6) is -0.372. The van der Waals surface area contributed by atoms with Crippen LogP contribution in [0.15, 0.2) is 36.2 Å². The van der Waals surface area contributed by atoms with Crippen LogP contribution >= 0.6 is 0 Å². The minimum Gasteiger partial charge on any atom is -0.380 e. The molecule has 1 N–H and O–H groups in total. The third-order valence-corrected chi connectivity index (χ3v) is 4.87. The highest BCUT2D eigenvalue weighted by atomic mass is 16.2. The first-order chi connectivity index (χ1) is 12.6. The van der Waals surface area contributed by atoms with E-state index >= 15 is 0 Å². The number of imide groups is 1. The fourth-order valence-electron chi connectivity index (χ4n) is 3.50. The Morgan fingerprint density at radius 2 is 1.77 bits per heavy atom. The van der Waals surface area contributed by atoms with Gasteiger partial charge in [-0.25, -0.2) is 0 Å². The Hall–Kier alpha value is -2.56. The van der Waals surface area contributed by atoms with Gasteiger partial charge >= 0.3 is 0 Å². The van der Waals surface area contributed by atoms with Gasteiger partial charge in [-0.2, -0.15) is 0 Å². The predicted molar refractivity (Wildman–Crippen MR) is 104 cm³/mol. The molecule has 0 fully saturated rings. The Morgan fingerprint density at radius 1 is 1.00 bits per heavy atom. The summed E-state index contributed by atoms with van der Waals surface area (Å²) in [4.78, 5) is 27.5. The normalized spacial score (nSPS) is 14.8. The van der Waals surface area contributed by atoms with Gasteiger partial charge in [0.25, 0.3) is 11.8 Å². The number of carbonyl (C=O) groups excluding carboxylic acids is 2. The largest absolute Gasteiger partial charge is 0.380 e. The lowest BCUT2D eigenvalue weighted by atomic mass is 10.0. The van der Waals surface area contributed by atoms with Crippen molar-refractivity contribution in [3.05, 3.63) is 41.7 Å². The molecule has 0 saturated carbocycles. The molecule has 0 unspecified atom stereocenters. The first-order valence-corrected chi connectivity index (χ1v) is 9.48. The number of carbonyl (C=O) groups is 2. The van der Waals surface area contributed by atoms with Crippen LogP contribution in [0.1, 0.15) is 45.1 Å². The molecule has 5 nitrogen and oxygen atoms in total. The number of aryl methyl sites for hydroxylation is 1.